The Kier molecular flexibility index (Phi) is 3.44. The number of fused-ring (bicyclic) bond motifs is 1. The van der Waals surface area contributed by atoms with Crippen molar-refractivity contribution >= 4 is 32.7 Å². The van der Waals surface area contributed by atoms with Crippen molar-refractivity contribution in [2.24, 2.45) is 0 Å². The molecule has 1 aromatic carbocycles. The minimum Gasteiger partial charge on any atom is -0.360 e. The maximum Gasteiger partial charge on any atom is 0.133 e. The van der Waals surface area contributed by atoms with E-state index in [1.807, 2.05) is 12.1 Å². The average molecular weight is 279 g/mol. The summed E-state index contributed by atoms with van der Waals surface area (Å²) >= 11 is 3.52. The molecule has 2 aromatic rings. The molecule has 0 unspecified atom stereocenters. The van der Waals surface area contributed by atoms with E-state index in [1.54, 1.807) is 0 Å². The third-order valence-corrected chi connectivity index (χ3v) is 3.36. The van der Waals surface area contributed by atoms with Gasteiger partial charge in [-0.15, -0.1) is 0 Å². The van der Waals surface area contributed by atoms with Crippen LogP contribution in [0, 0.1) is 0 Å². The molecule has 0 saturated heterocycles. The highest BCUT2D eigenvalue weighted by molar-refractivity contribution is 9.08. The Morgan fingerprint density at radius 3 is 2.75 bits per heavy atom. The van der Waals surface area contributed by atoms with Gasteiger partial charge in [-0.1, -0.05) is 34.1 Å². The molecule has 0 N–H and O–H groups in total. The summed E-state index contributed by atoms with van der Waals surface area (Å²) in [6, 6.07) is 10.4. The van der Waals surface area contributed by atoms with Crippen LogP contribution in [0.25, 0.3) is 10.9 Å². The van der Waals surface area contributed by atoms with Crippen LogP contribution in [0.4, 0.5) is 5.82 Å². The van der Waals surface area contributed by atoms with Gasteiger partial charge in [-0.05, 0) is 19.1 Å². The summed E-state index contributed by atoms with van der Waals surface area (Å²) < 4.78 is 0. The van der Waals surface area contributed by atoms with Gasteiger partial charge in [0.05, 0.1) is 5.52 Å². The van der Waals surface area contributed by atoms with E-state index in [1.165, 1.54) is 10.9 Å². The Hall–Kier alpha value is -1.09. The molecule has 0 saturated carbocycles. The largest absolute Gasteiger partial charge is 0.360 e. The first-order valence-electron chi connectivity index (χ1n) is 5.42. The molecule has 84 valence electrons. The molecule has 2 nitrogen and oxygen atoms in total. The fourth-order valence-electron chi connectivity index (χ4n) is 1.73. The van der Waals surface area contributed by atoms with E-state index in [4.69, 9.17) is 4.98 Å². The number of rotatable bonds is 3. The van der Waals surface area contributed by atoms with Crippen LogP contribution in [0.1, 0.15) is 12.5 Å². The van der Waals surface area contributed by atoms with Crippen LogP contribution >= 0.6 is 15.9 Å². The monoisotopic (exact) mass is 278 g/mol. The molecule has 0 radical (unpaired) electrons. The molecule has 0 amide bonds. The second-order valence-corrected chi connectivity index (χ2v) is 4.37. The van der Waals surface area contributed by atoms with Gasteiger partial charge < -0.3 is 4.90 Å². The van der Waals surface area contributed by atoms with Gasteiger partial charge in [0.2, 0.25) is 0 Å². The molecule has 1 aromatic heterocycles. The second kappa shape index (κ2) is 4.83. The molecule has 16 heavy (non-hydrogen) atoms. The quantitative estimate of drug-likeness (QED) is 0.798. The number of hydrogen-bond donors (Lipinski definition) is 0. The van der Waals surface area contributed by atoms with Gasteiger partial charge in [0.15, 0.2) is 0 Å². The highest BCUT2D eigenvalue weighted by Gasteiger charge is 2.08. The number of para-hydroxylation sites is 1. The summed E-state index contributed by atoms with van der Waals surface area (Å²) in [5.74, 6) is 1.07. The summed E-state index contributed by atoms with van der Waals surface area (Å²) in [7, 11) is 2.07. The van der Waals surface area contributed by atoms with Gasteiger partial charge in [0.25, 0.3) is 0 Å². The number of nitrogens with zero attached hydrogens (tertiary/aromatic N) is 2. The van der Waals surface area contributed by atoms with Crippen molar-refractivity contribution in [1.82, 2.24) is 4.98 Å². The number of benzene rings is 1. The lowest BCUT2D eigenvalue weighted by atomic mass is 10.1. The Bertz CT molecular complexity index is 496. The van der Waals surface area contributed by atoms with E-state index in [2.05, 4.69) is 53.0 Å². The minimum absolute atomic E-state index is 0.838. The van der Waals surface area contributed by atoms with Crippen molar-refractivity contribution in [2.75, 3.05) is 18.5 Å². The van der Waals surface area contributed by atoms with Crippen molar-refractivity contribution < 1.29 is 0 Å². The topological polar surface area (TPSA) is 16.1 Å². The third kappa shape index (κ3) is 2.05. The average Bonchev–Trinajstić information content (AvgIpc) is 2.36. The standard InChI is InChI=1S/C13H15BrN2/c1-3-16(2)13-11(9-14)8-10-6-4-5-7-12(10)15-13/h4-8H,3,9H2,1-2H3. The van der Waals surface area contributed by atoms with Gasteiger partial charge in [-0.25, -0.2) is 4.98 Å². The Balaban J connectivity index is 2.62. The first kappa shape index (κ1) is 11.4. The lowest BCUT2D eigenvalue weighted by Gasteiger charge is -2.19. The molecule has 1 heterocycles. The molecule has 2 rings (SSSR count). The predicted octanol–water partition coefficient (Wildman–Crippen LogP) is 3.59. The third-order valence-electron chi connectivity index (χ3n) is 2.76. The maximum atomic E-state index is 4.71. The number of alkyl halides is 1. The molecule has 0 bridgehead atoms. The number of anilines is 1. The van der Waals surface area contributed by atoms with E-state index in [0.717, 1.165) is 23.2 Å². The Labute approximate surface area is 104 Å². The summed E-state index contributed by atoms with van der Waals surface area (Å²) in [6.45, 7) is 3.10. The molecular weight excluding hydrogens is 264 g/mol. The van der Waals surface area contributed by atoms with Crippen LogP contribution in [0.3, 0.4) is 0 Å². The Morgan fingerprint density at radius 2 is 2.06 bits per heavy atom. The molecule has 0 atom stereocenters. The summed E-state index contributed by atoms with van der Waals surface area (Å²) in [5, 5.41) is 2.04. The van der Waals surface area contributed by atoms with Gasteiger partial charge in [-0.3, -0.25) is 0 Å². The van der Waals surface area contributed by atoms with Gasteiger partial charge in [0, 0.05) is 29.9 Å². The van der Waals surface area contributed by atoms with Crippen LogP contribution in [0.15, 0.2) is 30.3 Å². The number of hydrogen-bond acceptors (Lipinski definition) is 2. The second-order valence-electron chi connectivity index (χ2n) is 3.81. The number of aromatic nitrogens is 1. The number of pyridine rings is 1. The lowest BCUT2D eigenvalue weighted by Crippen LogP contribution is -2.18. The van der Waals surface area contributed by atoms with Crippen LogP contribution in [0.2, 0.25) is 0 Å². The fraction of sp³-hybridized carbons (Fsp3) is 0.308. The molecule has 3 heteroatoms. The fourth-order valence-corrected chi connectivity index (χ4v) is 2.14. The minimum atomic E-state index is 0.838. The first-order chi connectivity index (χ1) is 7.76. The zero-order valence-corrected chi connectivity index (χ0v) is 11.2. The van der Waals surface area contributed by atoms with E-state index in [9.17, 15) is 0 Å². The van der Waals surface area contributed by atoms with Crippen molar-refractivity contribution in [3.63, 3.8) is 0 Å². The molecule has 0 aliphatic heterocycles. The van der Waals surface area contributed by atoms with Gasteiger partial charge >= 0.3 is 0 Å². The van der Waals surface area contributed by atoms with Crippen LogP contribution < -0.4 is 4.90 Å². The summed E-state index contributed by atoms with van der Waals surface area (Å²) in [6.07, 6.45) is 0. The van der Waals surface area contributed by atoms with Gasteiger partial charge in [-0.2, -0.15) is 0 Å². The summed E-state index contributed by atoms with van der Waals surface area (Å²) in [4.78, 5) is 6.88. The van der Waals surface area contributed by atoms with Gasteiger partial charge in [0.1, 0.15) is 5.82 Å². The highest BCUT2D eigenvalue weighted by Crippen LogP contribution is 2.24. The molecule has 0 spiro atoms. The zero-order valence-electron chi connectivity index (χ0n) is 9.57. The van der Waals surface area contributed by atoms with Crippen LogP contribution in [-0.4, -0.2) is 18.6 Å². The van der Waals surface area contributed by atoms with E-state index < -0.39 is 0 Å². The predicted molar refractivity (Wildman–Crippen MR) is 73.3 cm³/mol. The molecule has 0 aliphatic carbocycles. The van der Waals surface area contributed by atoms with Crippen molar-refractivity contribution in [3.05, 3.63) is 35.9 Å². The first-order valence-corrected chi connectivity index (χ1v) is 6.54. The number of halogens is 1. The van der Waals surface area contributed by atoms with Crippen LogP contribution in [-0.2, 0) is 5.33 Å². The maximum absolute atomic E-state index is 4.71. The molecule has 0 fully saturated rings. The molecular formula is C13H15BrN2. The van der Waals surface area contributed by atoms with Crippen molar-refractivity contribution in [2.45, 2.75) is 12.3 Å². The smallest absolute Gasteiger partial charge is 0.133 e. The zero-order chi connectivity index (χ0) is 11.5. The van der Waals surface area contributed by atoms with Crippen molar-refractivity contribution in [3.8, 4) is 0 Å². The van der Waals surface area contributed by atoms with E-state index >= 15 is 0 Å². The van der Waals surface area contributed by atoms with Crippen molar-refractivity contribution in [1.29, 1.82) is 0 Å². The summed E-state index contributed by atoms with van der Waals surface area (Å²) in [5.41, 5.74) is 2.30. The van der Waals surface area contributed by atoms with E-state index in [0.29, 0.717) is 0 Å². The SMILES string of the molecule is CCN(C)c1nc2ccccc2cc1CBr. The molecule has 0 aliphatic rings. The Morgan fingerprint density at radius 1 is 1.31 bits per heavy atom. The lowest BCUT2D eigenvalue weighted by molar-refractivity contribution is 0.935. The normalized spacial score (nSPS) is 10.7. The highest BCUT2D eigenvalue weighted by atomic mass is 79.9. The van der Waals surface area contributed by atoms with Crippen LogP contribution in [0.5, 0.6) is 0 Å². The van der Waals surface area contributed by atoms with E-state index in [-0.39, 0.29) is 0 Å².